The van der Waals surface area contributed by atoms with Gasteiger partial charge in [-0.05, 0) is 38.0 Å². The molecule has 1 aliphatic rings. The fraction of sp³-hybridized carbons (Fsp3) is 0.333. The number of nitrogens with zero attached hydrogens (tertiary/aromatic N) is 2. The maximum absolute atomic E-state index is 12.9. The molecular weight excluding hydrogens is 316 g/mol. The van der Waals surface area contributed by atoms with Crippen LogP contribution < -0.4 is 10.9 Å². The predicted molar refractivity (Wildman–Crippen MR) is 89.3 cm³/mol. The minimum Gasteiger partial charge on any atom is -0.295 e. The van der Waals surface area contributed by atoms with Gasteiger partial charge < -0.3 is 0 Å². The highest BCUT2D eigenvalue weighted by molar-refractivity contribution is 6.31. The fourth-order valence-electron chi connectivity index (χ4n) is 3.09. The highest BCUT2D eigenvalue weighted by Crippen LogP contribution is 2.24. The van der Waals surface area contributed by atoms with Gasteiger partial charge in [-0.1, -0.05) is 11.6 Å². The number of hydrogen-bond acceptors (Lipinski definition) is 4. The quantitative estimate of drug-likeness (QED) is 0.608. The van der Waals surface area contributed by atoms with Crippen molar-refractivity contribution in [2.75, 3.05) is 0 Å². The van der Waals surface area contributed by atoms with Crippen molar-refractivity contribution in [3.63, 3.8) is 0 Å². The van der Waals surface area contributed by atoms with Crippen LogP contribution in [0.4, 0.5) is 0 Å². The van der Waals surface area contributed by atoms with Gasteiger partial charge in [0, 0.05) is 11.4 Å². The van der Waals surface area contributed by atoms with Crippen molar-refractivity contribution in [1.82, 2.24) is 14.9 Å². The Labute approximate surface area is 138 Å². The molecule has 1 atom stereocenters. The summed E-state index contributed by atoms with van der Waals surface area (Å²) in [6, 6.07) is 4.84. The second-order valence-electron chi connectivity index (χ2n) is 5.97. The van der Waals surface area contributed by atoms with Gasteiger partial charge in [0.2, 0.25) is 11.8 Å². The zero-order valence-electron chi connectivity index (χ0n) is 12.9. The normalized spacial score (nSPS) is 22.0. The number of carbonyl (C=O) groups excluding carboxylic acids is 2. The van der Waals surface area contributed by atoms with E-state index in [9.17, 15) is 14.4 Å². The van der Waals surface area contributed by atoms with Crippen LogP contribution in [0.15, 0.2) is 23.0 Å². The molecule has 23 heavy (non-hydrogen) atoms. The number of carbonyl (C=O) groups is 2. The molecule has 118 valence electrons. The Balaban J connectivity index is 2.26. The van der Waals surface area contributed by atoms with E-state index in [1.165, 1.54) is 4.57 Å². The first-order valence-corrected chi connectivity index (χ1v) is 7.74. The van der Waals surface area contributed by atoms with E-state index in [0.29, 0.717) is 34.6 Å². The van der Waals surface area contributed by atoms with Crippen molar-refractivity contribution in [1.29, 1.82) is 0 Å². The summed E-state index contributed by atoms with van der Waals surface area (Å²) in [6.45, 7) is 1.67. The van der Waals surface area contributed by atoms with Crippen molar-refractivity contribution in [2.24, 2.45) is 0 Å². The lowest BCUT2D eigenvalue weighted by molar-refractivity contribution is -0.132. The van der Waals surface area contributed by atoms with Crippen LogP contribution in [0.2, 0.25) is 5.02 Å². The minimum atomic E-state index is -1.14. The lowest BCUT2D eigenvalue weighted by Crippen LogP contribution is -2.54. The zero-order valence-corrected chi connectivity index (χ0v) is 13.6. The van der Waals surface area contributed by atoms with Crippen LogP contribution in [0, 0.1) is 6.92 Å². The minimum absolute atomic E-state index is 0.270. The summed E-state index contributed by atoms with van der Waals surface area (Å²) in [4.78, 5) is 41.4. The molecule has 1 N–H and O–H groups in total. The number of aromatic nitrogens is 2. The highest BCUT2D eigenvalue weighted by Gasteiger charge is 2.39. The van der Waals surface area contributed by atoms with Crippen molar-refractivity contribution < 1.29 is 9.59 Å². The number of benzene rings is 1. The van der Waals surface area contributed by atoms with Crippen molar-refractivity contribution in [3.05, 3.63) is 39.4 Å². The van der Waals surface area contributed by atoms with E-state index in [2.05, 4.69) is 10.3 Å². The summed E-state index contributed by atoms with van der Waals surface area (Å²) >= 11 is 5.95. The number of amides is 2. The van der Waals surface area contributed by atoms with Gasteiger partial charge in [0.05, 0.1) is 16.3 Å². The second kappa shape index (κ2) is 5.49. The van der Waals surface area contributed by atoms with Gasteiger partial charge >= 0.3 is 0 Å². The van der Waals surface area contributed by atoms with Gasteiger partial charge in [-0.3, -0.25) is 24.3 Å². The Morgan fingerprint density at radius 3 is 2.83 bits per heavy atom. The maximum Gasteiger partial charge on any atom is 0.261 e. The van der Waals surface area contributed by atoms with Gasteiger partial charge in [-0.2, -0.15) is 0 Å². The van der Waals surface area contributed by atoms with Gasteiger partial charge in [0.15, 0.2) is 0 Å². The van der Waals surface area contributed by atoms with E-state index in [1.54, 1.807) is 33.0 Å². The van der Waals surface area contributed by atoms with Crippen LogP contribution in [0.3, 0.4) is 0 Å². The number of aryl methyl sites for hydroxylation is 1. The molecule has 1 aromatic carbocycles. The van der Waals surface area contributed by atoms with Crippen molar-refractivity contribution >= 4 is 42.2 Å². The van der Waals surface area contributed by atoms with E-state index >= 15 is 0 Å². The topological polar surface area (TPSA) is 81.1 Å². The third kappa shape index (κ3) is 2.55. The maximum atomic E-state index is 12.9. The monoisotopic (exact) mass is 331 g/mol. The van der Waals surface area contributed by atoms with E-state index in [1.807, 2.05) is 0 Å². The largest absolute Gasteiger partial charge is 0.295 e. The highest BCUT2D eigenvalue weighted by atomic mass is 35.5. The Morgan fingerprint density at radius 1 is 1.35 bits per heavy atom. The van der Waals surface area contributed by atoms with Gasteiger partial charge in [0.25, 0.3) is 5.56 Å². The SMILES string of the molecule is B[C@]1(n2c(C)nc3cc(Cl)ccc3c2=O)CCCC(=O)NC1=O. The molecule has 1 aliphatic heterocycles. The molecule has 3 rings (SSSR count). The molecule has 2 heterocycles. The lowest BCUT2D eigenvalue weighted by atomic mass is 9.73. The molecule has 1 aromatic heterocycles. The van der Waals surface area contributed by atoms with E-state index < -0.39 is 11.3 Å². The first-order valence-electron chi connectivity index (χ1n) is 7.36. The standard InChI is InChI=1S/C15H15BClN3O3/c1-8-18-11-7-9(17)4-5-10(11)13(22)20(8)15(16)6-2-3-12(21)19-14(15)23/h4-5,7H,2-3,6,16H2,1H3,(H,19,21,23)/t15-/m0/s1. The molecule has 0 unspecified atom stereocenters. The Hall–Kier alpha value is -2.15. The molecule has 8 heteroatoms. The molecule has 1 fully saturated rings. The van der Waals surface area contributed by atoms with Gasteiger partial charge in [-0.25, -0.2) is 4.98 Å². The molecule has 0 aliphatic carbocycles. The number of rotatable bonds is 1. The second-order valence-corrected chi connectivity index (χ2v) is 6.40. The van der Waals surface area contributed by atoms with E-state index in [-0.39, 0.29) is 17.9 Å². The number of imide groups is 1. The summed E-state index contributed by atoms with van der Waals surface area (Å²) in [5.41, 5.74) is -0.963. The summed E-state index contributed by atoms with van der Waals surface area (Å²) in [5, 5.41) is 3.24. The molecule has 0 spiro atoms. The average Bonchev–Trinajstić information content (AvgIpc) is 2.58. The molecule has 0 radical (unpaired) electrons. The Kier molecular flexibility index (Phi) is 3.76. The van der Waals surface area contributed by atoms with E-state index in [0.717, 1.165) is 0 Å². The average molecular weight is 332 g/mol. The summed E-state index contributed by atoms with van der Waals surface area (Å²) in [6.07, 6.45) is 1.19. The molecule has 2 aromatic rings. The molecular formula is C15H15BClN3O3. The Bertz CT molecular complexity index is 895. The molecule has 0 bridgehead atoms. The van der Waals surface area contributed by atoms with Crippen LogP contribution in [-0.2, 0) is 15.0 Å². The third-order valence-corrected chi connectivity index (χ3v) is 4.54. The van der Waals surface area contributed by atoms with E-state index in [4.69, 9.17) is 11.6 Å². The predicted octanol–water partition coefficient (Wildman–Crippen LogP) is 0.471. The first-order chi connectivity index (χ1) is 10.8. The van der Waals surface area contributed by atoms with Crippen molar-refractivity contribution in [3.8, 4) is 0 Å². The number of hydrogen-bond donors (Lipinski definition) is 1. The first kappa shape index (κ1) is 15.7. The van der Waals surface area contributed by atoms with Crippen LogP contribution >= 0.6 is 11.6 Å². The lowest BCUT2D eigenvalue weighted by Gasteiger charge is -2.30. The summed E-state index contributed by atoms with van der Waals surface area (Å²) in [5.74, 6) is -0.373. The number of halogens is 1. The van der Waals surface area contributed by atoms with Gasteiger partial charge in [-0.15, -0.1) is 0 Å². The summed E-state index contributed by atoms with van der Waals surface area (Å²) in [7, 11) is 1.67. The third-order valence-electron chi connectivity index (χ3n) is 4.30. The van der Waals surface area contributed by atoms with Crippen LogP contribution in [0.5, 0.6) is 0 Å². The number of nitrogens with one attached hydrogen (secondary N) is 1. The van der Waals surface area contributed by atoms with Crippen molar-refractivity contribution in [2.45, 2.75) is 31.6 Å². The van der Waals surface area contributed by atoms with Gasteiger partial charge in [0.1, 0.15) is 13.7 Å². The van der Waals surface area contributed by atoms with Crippen LogP contribution in [-0.4, -0.2) is 29.2 Å². The van der Waals surface area contributed by atoms with Crippen LogP contribution in [0.1, 0.15) is 25.1 Å². The zero-order chi connectivity index (χ0) is 16.8. The molecule has 1 saturated heterocycles. The fourth-order valence-corrected chi connectivity index (χ4v) is 3.26. The number of fused-ring (bicyclic) bond motifs is 1. The van der Waals surface area contributed by atoms with Crippen LogP contribution in [0.25, 0.3) is 10.9 Å². The molecule has 0 saturated carbocycles. The molecule has 2 amide bonds. The molecule has 6 nitrogen and oxygen atoms in total. The Morgan fingerprint density at radius 2 is 2.09 bits per heavy atom. The summed E-state index contributed by atoms with van der Waals surface area (Å²) < 4.78 is 1.39. The smallest absolute Gasteiger partial charge is 0.261 e.